The van der Waals surface area contributed by atoms with E-state index in [0.717, 1.165) is 32.1 Å². The molecule has 22 heavy (non-hydrogen) atoms. The van der Waals surface area contributed by atoms with Gasteiger partial charge in [-0.25, -0.2) is 9.59 Å². The van der Waals surface area contributed by atoms with Gasteiger partial charge in [0.25, 0.3) is 0 Å². The van der Waals surface area contributed by atoms with Gasteiger partial charge in [-0.2, -0.15) is 0 Å². The second kappa shape index (κ2) is 7.97. The molecule has 1 aromatic carbocycles. The van der Waals surface area contributed by atoms with E-state index in [0.29, 0.717) is 25.0 Å². The molecule has 0 bridgehead atoms. The first kappa shape index (κ1) is 16.5. The number of benzene rings is 1. The van der Waals surface area contributed by atoms with E-state index < -0.39 is 11.6 Å². The van der Waals surface area contributed by atoms with Crippen LogP contribution in [0.25, 0.3) is 0 Å². The highest BCUT2D eigenvalue weighted by Gasteiger charge is 2.46. The summed E-state index contributed by atoms with van der Waals surface area (Å²) in [4.78, 5) is 24.7. The molecule has 4 nitrogen and oxygen atoms in total. The second-order valence-electron chi connectivity index (χ2n) is 5.80. The van der Waals surface area contributed by atoms with Gasteiger partial charge >= 0.3 is 11.9 Å². The summed E-state index contributed by atoms with van der Waals surface area (Å²) in [5.41, 5.74) is -0.619. The van der Waals surface area contributed by atoms with Crippen LogP contribution in [0.1, 0.15) is 62.2 Å². The molecule has 1 aliphatic carbocycles. The van der Waals surface area contributed by atoms with Crippen LogP contribution in [0, 0.1) is 0 Å². The Morgan fingerprint density at radius 3 is 2.41 bits per heavy atom. The van der Waals surface area contributed by atoms with Gasteiger partial charge in [0.05, 0.1) is 12.2 Å². The summed E-state index contributed by atoms with van der Waals surface area (Å²) in [6.45, 7) is 2.50. The van der Waals surface area contributed by atoms with Crippen molar-refractivity contribution in [2.24, 2.45) is 0 Å². The first-order valence-electron chi connectivity index (χ1n) is 8.13. The lowest BCUT2D eigenvalue weighted by Crippen LogP contribution is -2.42. The lowest BCUT2D eigenvalue weighted by Gasteiger charge is -2.26. The minimum Gasteiger partial charge on any atom is -0.463 e. The summed E-state index contributed by atoms with van der Waals surface area (Å²) < 4.78 is 10.9. The molecule has 0 spiro atoms. The van der Waals surface area contributed by atoms with Gasteiger partial charge in [0, 0.05) is 0 Å². The maximum atomic E-state index is 12.4. The fourth-order valence-electron chi connectivity index (χ4n) is 2.75. The van der Waals surface area contributed by atoms with Gasteiger partial charge in [-0.05, 0) is 44.2 Å². The Kier molecular flexibility index (Phi) is 5.99. The quantitative estimate of drug-likeness (QED) is 0.566. The Morgan fingerprint density at radius 1 is 1.09 bits per heavy atom. The van der Waals surface area contributed by atoms with E-state index in [-0.39, 0.29) is 5.97 Å². The maximum Gasteiger partial charge on any atom is 0.350 e. The highest BCUT2D eigenvalue weighted by molar-refractivity contribution is 5.92. The molecular formula is C18H24O4. The number of unbranched alkanes of at least 4 members (excludes halogenated alkanes) is 2. The SMILES string of the molecule is CCCCCOC(=O)C1(OC(=O)c2ccccc2)CCCC1. The standard InChI is InChI=1S/C18H24O4/c1-2-3-9-14-21-17(20)18(12-7-8-13-18)22-16(19)15-10-5-4-6-11-15/h4-6,10-11H,2-3,7-9,12-14H2,1H3. The summed E-state index contributed by atoms with van der Waals surface area (Å²) in [5, 5.41) is 0. The number of hydrogen-bond acceptors (Lipinski definition) is 4. The highest BCUT2D eigenvalue weighted by Crippen LogP contribution is 2.35. The molecule has 0 unspecified atom stereocenters. The molecule has 0 amide bonds. The van der Waals surface area contributed by atoms with Gasteiger partial charge in [0.2, 0.25) is 5.60 Å². The molecule has 4 heteroatoms. The molecule has 0 heterocycles. The Labute approximate surface area is 131 Å². The zero-order valence-electron chi connectivity index (χ0n) is 13.2. The van der Waals surface area contributed by atoms with Crippen molar-refractivity contribution in [2.75, 3.05) is 6.61 Å². The van der Waals surface area contributed by atoms with Crippen molar-refractivity contribution in [1.29, 1.82) is 0 Å². The molecule has 0 aliphatic heterocycles. The van der Waals surface area contributed by atoms with Gasteiger partial charge in [0.15, 0.2) is 0 Å². The van der Waals surface area contributed by atoms with E-state index in [2.05, 4.69) is 6.92 Å². The van der Waals surface area contributed by atoms with Crippen molar-refractivity contribution in [1.82, 2.24) is 0 Å². The van der Waals surface area contributed by atoms with Gasteiger partial charge in [-0.15, -0.1) is 0 Å². The van der Waals surface area contributed by atoms with E-state index in [1.807, 2.05) is 6.07 Å². The van der Waals surface area contributed by atoms with E-state index in [1.165, 1.54) is 0 Å². The molecule has 0 saturated heterocycles. The third-order valence-corrected chi connectivity index (χ3v) is 4.06. The zero-order chi connectivity index (χ0) is 15.8. The van der Waals surface area contributed by atoms with Crippen molar-refractivity contribution >= 4 is 11.9 Å². The number of hydrogen-bond donors (Lipinski definition) is 0. The molecule has 1 fully saturated rings. The predicted octanol–water partition coefficient (Wildman–Crippen LogP) is 3.89. The van der Waals surface area contributed by atoms with Crippen molar-refractivity contribution in [3.05, 3.63) is 35.9 Å². The zero-order valence-corrected chi connectivity index (χ0v) is 13.2. The molecule has 0 atom stereocenters. The van der Waals surface area contributed by atoms with Crippen LogP contribution in [0.15, 0.2) is 30.3 Å². The summed E-state index contributed by atoms with van der Waals surface area (Å²) in [7, 11) is 0. The van der Waals surface area contributed by atoms with Crippen LogP contribution in [0.5, 0.6) is 0 Å². The van der Waals surface area contributed by atoms with E-state index in [1.54, 1.807) is 24.3 Å². The van der Waals surface area contributed by atoms with Crippen LogP contribution in [0.4, 0.5) is 0 Å². The molecule has 0 radical (unpaired) electrons. The van der Waals surface area contributed by atoms with Crippen LogP contribution in [0.2, 0.25) is 0 Å². The minimum absolute atomic E-state index is 0.384. The third-order valence-electron chi connectivity index (χ3n) is 4.06. The molecule has 1 aromatic rings. The lowest BCUT2D eigenvalue weighted by atomic mass is 10.0. The predicted molar refractivity (Wildman–Crippen MR) is 83.5 cm³/mol. The molecule has 0 aromatic heterocycles. The number of rotatable bonds is 7. The molecule has 1 saturated carbocycles. The number of esters is 2. The van der Waals surface area contributed by atoms with Crippen LogP contribution in [0.3, 0.4) is 0 Å². The number of carbonyl (C=O) groups is 2. The summed E-state index contributed by atoms with van der Waals surface area (Å²) >= 11 is 0. The van der Waals surface area contributed by atoms with Crippen molar-refractivity contribution in [3.8, 4) is 0 Å². The van der Waals surface area contributed by atoms with E-state index in [9.17, 15) is 9.59 Å². The van der Waals surface area contributed by atoms with Gasteiger partial charge in [-0.1, -0.05) is 38.0 Å². The fraction of sp³-hybridized carbons (Fsp3) is 0.556. The van der Waals surface area contributed by atoms with Gasteiger partial charge < -0.3 is 9.47 Å². The number of ether oxygens (including phenoxy) is 2. The first-order chi connectivity index (χ1) is 10.7. The largest absolute Gasteiger partial charge is 0.463 e. The minimum atomic E-state index is -1.08. The van der Waals surface area contributed by atoms with Gasteiger partial charge in [0.1, 0.15) is 0 Å². The van der Waals surface area contributed by atoms with Crippen LogP contribution < -0.4 is 0 Å². The Balaban J connectivity index is 1.99. The van der Waals surface area contributed by atoms with E-state index in [4.69, 9.17) is 9.47 Å². The average molecular weight is 304 g/mol. The molecule has 2 rings (SSSR count). The molecular weight excluding hydrogens is 280 g/mol. The second-order valence-corrected chi connectivity index (χ2v) is 5.80. The lowest BCUT2D eigenvalue weighted by molar-refractivity contribution is -0.165. The molecule has 120 valence electrons. The summed E-state index contributed by atoms with van der Waals surface area (Å²) in [6, 6.07) is 8.78. The smallest absolute Gasteiger partial charge is 0.350 e. The van der Waals surface area contributed by atoms with Crippen molar-refractivity contribution in [3.63, 3.8) is 0 Å². The van der Waals surface area contributed by atoms with Crippen molar-refractivity contribution in [2.45, 2.75) is 57.5 Å². The van der Waals surface area contributed by atoms with Crippen LogP contribution >= 0.6 is 0 Å². The Morgan fingerprint density at radius 2 is 1.77 bits per heavy atom. The average Bonchev–Trinajstić information content (AvgIpc) is 3.02. The summed E-state index contributed by atoms with van der Waals surface area (Å²) in [5.74, 6) is -0.835. The monoisotopic (exact) mass is 304 g/mol. The Bertz CT molecular complexity index is 489. The fourth-order valence-corrected chi connectivity index (χ4v) is 2.75. The Hall–Kier alpha value is -1.84. The third kappa shape index (κ3) is 4.09. The normalized spacial score (nSPS) is 16.2. The van der Waals surface area contributed by atoms with Crippen LogP contribution in [-0.4, -0.2) is 24.1 Å². The van der Waals surface area contributed by atoms with Crippen LogP contribution in [-0.2, 0) is 14.3 Å². The van der Waals surface area contributed by atoms with Gasteiger partial charge in [-0.3, -0.25) is 0 Å². The number of carbonyl (C=O) groups excluding carboxylic acids is 2. The first-order valence-corrected chi connectivity index (χ1v) is 8.13. The molecule has 0 N–H and O–H groups in total. The topological polar surface area (TPSA) is 52.6 Å². The van der Waals surface area contributed by atoms with E-state index >= 15 is 0 Å². The van der Waals surface area contributed by atoms with Crippen molar-refractivity contribution < 1.29 is 19.1 Å². The maximum absolute atomic E-state index is 12.4. The summed E-state index contributed by atoms with van der Waals surface area (Å²) in [6.07, 6.45) is 5.83. The highest BCUT2D eigenvalue weighted by atomic mass is 16.6. The molecule has 1 aliphatic rings.